The van der Waals surface area contributed by atoms with Crippen LogP contribution >= 0.6 is 23.4 Å². The smallest absolute Gasteiger partial charge is 0.380 e. The van der Waals surface area contributed by atoms with E-state index in [0.717, 1.165) is 74.7 Å². The Hall–Kier alpha value is -5.28. The maximum atomic E-state index is 14.3. The summed E-state index contributed by atoms with van der Waals surface area (Å²) in [5.41, 5.74) is 7.33. The summed E-state index contributed by atoms with van der Waals surface area (Å²) in [6.45, 7) is 10.3. The molecule has 0 spiro atoms. The first-order chi connectivity index (χ1) is 33.7. The van der Waals surface area contributed by atoms with Crippen LogP contribution in [0, 0.1) is 5.41 Å². The van der Waals surface area contributed by atoms with E-state index >= 15 is 0 Å². The minimum atomic E-state index is -6.12. The zero-order valence-corrected chi connectivity index (χ0v) is 42.7. The number of alkyl halides is 3. The molecule has 0 unspecified atom stereocenters. The molecule has 0 bridgehead atoms. The van der Waals surface area contributed by atoms with E-state index in [1.807, 2.05) is 47.2 Å². The highest BCUT2D eigenvalue weighted by Gasteiger charge is 2.48. The van der Waals surface area contributed by atoms with Crippen molar-refractivity contribution in [2.45, 2.75) is 65.8 Å². The SMILES string of the molecule is CC1(C)CCC(c2ccc(Cl)cc2)=C(CN2CCN(c3ccc(C(=O)NS(=O)(=O)c4ccc(N[C@H](CCN5CCN(C(=O)CN=[N+]=[N-])CC5)CSc5ccccc5)c(S(=O)(=O)C(F)(F)F)c4)cc3)CC2)C1. The van der Waals surface area contributed by atoms with Gasteiger partial charge in [0.2, 0.25) is 5.91 Å². The number of amides is 2. The van der Waals surface area contributed by atoms with Gasteiger partial charge < -0.3 is 15.1 Å². The Bertz CT molecular complexity index is 2840. The van der Waals surface area contributed by atoms with Crippen LogP contribution in [0.2, 0.25) is 5.02 Å². The van der Waals surface area contributed by atoms with Crippen LogP contribution in [0.25, 0.3) is 16.0 Å². The number of benzene rings is 4. The number of hydrogen-bond acceptors (Lipinski definition) is 12. The third kappa shape index (κ3) is 14.0. The van der Waals surface area contributed by atoms with E-state index in [4.69, 9.17) is 17.1 Å². The van der Waals surface area contributed by atoms with Crippen molar-refractivity contribution in [3.8, 4) is 0 Å². The first-order valence-corrected chi connectivity index (χ1v) is 27.6. The third-order valence-electron chi connectivity index (χ3n) is 13.1. The minimum Gasteiger partial charge on any atom is -0.380 e. The molecule has 2 fully saturated rings. The molecule has 1 atom stereocenters. The molecule has 0 aromatic heterocycles. The van der Waals surface area contributed by atoms with Gasteiger partial charge in [-0.25, -0.2) is 21.6 Å². The van der Waals surface area contributed by atoms with E-state index in [-0.39, 0.29) is 29.2 Å². The van der Waals surface area contributed by atoms with Crippen molar-refractivity contribution in [3.05, 3.63) is 129 Å². The lowest BCUT2D eigenvalue weighted by Crippen LogP contribution is -2.50. The number of carbonyl (C=O) groups excluding carboxylic acids is 2. The minimum absolute atomic E-state index is 0.0288. The summed E-state index contributed by atoms with van der Waals surface area (Å²) in [5.74, 6) is -1.07. The van der Waals surface area contributed by atoms with Crippen LogP contribution in [0.4, 0.5) is 24.5 Å². The summed E-state index contributed by atoms with van der Waals surface area (Å²) in [7, 11) is -11.0. The fourth-order valence-electron chi connectivity index (χ4n) is 9.08. The van der Waals surface area contributed by atoms with Gasteiger partial charge in [0.05, 0.1) is 10.6 Å². The number of carbonyl (C=O) groups is 2. The molecule has 2 heterocycles. The molecule has 4 aromatic carbocycles. The normalized spacial score (nSPS) is 17.6. The van der Waals surface area contributed by atoms with Crippen LogP contribution in [-0.2, 0) is 24.7 Å². The van der Waals surface area contributed by atoms with Crippen molar-refractivity contribution in [1.82, 2.24) is 19.4 Å². The second-order valence-electron chi connectivity index (χ2n) is 18.6. The maximum Gasteiger partial charge on any atom is 0.501 e. The summed E-state index contributed by atoms with van der Waals surface area (Å²) in [6, 6.07) is 25.3. The van der Waals surface area contributed by atoms with E-state index in [0.29, 0.717) is 50.2 Å². The van der Waals surface area contributed by atoms with Crippen molar-refractivity contribution in [1.29, 1.82) is 0 Å². The fraction of sp³-hybridized carbons (Fsp3) is 0.429. The van der Waals surface area contributed by atoms with Gasteiger partial charge in [-0.05, 0) is 114 Å². The summed E-state index contributed by atoms with van der Waals surface area (Å²) in [6.07, 6.45) is 3.44. The Balaban J connectivity index is 1.01. The van der Waals surface area contributed by atoms with Crippen molar-refractivity contribution in [3.63, 3.8) is 0 Å². The van der Waals surface area contributed by atoms with Gasteiger partial charge in [-0.15, -0.1) is 11.8 Å². The molecule has 3 aliphatic rings. The summed E-state index contributed by atoms with van der Waals surface area (Å²) < 4.78 is 98.4. The lowest BCUT2D eigenvalue weighted by molar-refractivity contribution is -0.131. The van der Waals surface area contributed by atoms with E-state index < -0.39 is 52.8 Å². The molecule has 1 aliphatic carbocycles. The van der Waals surface area contributed by atoms with Gasteiger partial charge >= 0.3 is 5.51 Å². The lowest BCUT2D eigenvalue weighted by atomic mass is 9.73. The van der Waals surface area contributed by atoms with Gasteiger partial charge in [-0.3, -0.25) is 19.4 Å². The fourth-order valence-corrected chi connectivity index (χ4v) is 12.2. The number of sulfonamides is 1. The molecule has 2 aliphatic heterocycles. The van der Waals surface area contributed by atoms with Crippen LogP contribution in [-0.4, -0.2) is 133 Å². The van der Waals surface area contributed by atoms with Gasteiger partial charge in [0.1, 0.15) is 11.4 Å². The Morgan fingerprint density at radius 3 is 2.18 bits per heavy atom. The van der Waals surface area contributed by atoms with Crippen LogP contribution in [0.1, 0.15) is 55.5 Å². The van der Waals surface area contributed by atoms with E-state index in [1.165, 1.54) is 40.6 Å². The van der Waals surface area contributed by atoms with Gasteiger partial charge in [-0.2, -0.15) is 13.2 Å². The summed E-state index contributed by atoms with van der Waals surface area (Å²) in [5, 5.41) is 7.00. The second-order valence-corrected chi connectivity index (χ2v) is 23.8. The number of hydrogen-bond donors (Lipinski definition) is 2. The molecule has 0 radical (unpaired) electrons. The molecular formula is C49H57ClF3N9O6S3. The number of thioether (sulfide) groups is 1. The molecule has 2 N–H and O–H groups in total. The number of anilines is 2. The Morgan fingerprint density at radius 2 is 1.54 bits per heavy atom. The predicted octanol–water partition coefficient (Wildman–Crippen LogP) is 8.96. The van der Waals surface area contributed by atoms with Crippen molar-refractivity contribution in [2.75, 3.05) is 88.0 Å². The highest BCUT2D eigenvalue weighted by molar-refractivity contribution is 7.99. The number of allylic oxidation sites excluding steroid dienone is 1. The average Bonchev–Trinajstić information content (AvgIpc) is 3.34. The van der Waals surface area contributed by atoms with Crippen molar-refractivity contribution < 1.29 is 39.6 Å². The van der Waals surface area contributed by atoms with Crippen LogP contribution in [0.3, 0.4) is 0 Å². The summed E-state index contributed by atoms with van der Waals surface area (Å²) in [4.78, 5) is 35.3. The number of sulfone groups is 1. The molecule has 4 aromatic rings. The zero-order valence-electron chi connectivity index (χ0n) is 39.4. The molecule has 22 heteroatoms. The first kappa shape index (κ1) is 53.5. The monoisotopic (exact) mass is 1060 g/mol. The zero-order chi connectivity index (χ0) is 51.0. The highest BCUT2D eigenvalue weighted by atomic mass is 35.5. The van der Waals surface area contributed by atoms with Crippen LogP contribution in [0.15, 0.2) is 122 Å². The molecule has 15 nitrogen and oxygen atoms in total. The number of nitrogens with zero attached hydrogens (tertiary/aromatic N) is 7. The Kier molecular flexibility index (Phi) is 17.4. The molecule has 0 saturated carbocycles. The number of halogens is 4. The van der Waals surface area contributed by atoms with Gasteiger partial charge in [0, 0.05) is 103 Å². The first-order valence-electron chi connectivity index (χ1n) is 23.2. The quantitative estimate of drug-likeness (QED) is 0.0419. The maximum absolute atomic E-state index is 14.3. The Labute approximate surface area is 422 Å². The number of nitrogens with one attached hydrogen (secondary N) is 2. The van der Waals surface area contributed by atoms with E-state index in [1.54, 1.807) is 17.0 Å². The topological polar surface area (TPSA) is 188 Å². The van der Waals surface area contributed by atoms with E-state index in [2.05, 4.69) is 56.0 Å². The standard InChI is InChI=1S/C49H57ClF3N9O6S3/c1-48(2)20-18-43(35-8-12-38(50)13-9-35)37(31-48)33-60-24-26-61(27-25-60)40-14-10-36(11-15-40)47(64)57-71(67,68)42-16-17-44(45(30-42)70(65,66)49(51,52)53)56-39(34-69-41-6-4-3-5-7-41)19-21-59-22-28-62(29-23-59)46(63)32-55-58-54/h3-17,30,39,56H,18-29,31-34H2,1-2H3,(H,57,64)/t39-/m1/s1. The third-order valence-corrected chi connectivity index (χ3v) is 17.4. The number of piperazine rings is 2. The molecular weight excluding hydrogens is 999 g/mol. The predicted molar refractivity (Wildman–Crippen MR) is 272 cm³/mol. The van der Waals surface area contributed by atoms with Crippen molar-refractivity contribution >= 4 is 72.0 Å². The van der Waals surface area contributed by atoms with Crippen LogP contribution < -0.4 is 14.9 Å². The molecule has 2 amide bonds. The second kappa shape index (κ2) is 23.1. The average molecular weight is 1060 g/mol. The van der Waals surface area contributed by atoms with Gasteiger partial charge in [-0.1, -0.05) is 66.5 Å². The van der Waals surface area contributed by atoms with Gasteiger partial charge in [0.15, 0.2) is 0 Å². The van der Waals surface area contributed by atoms with Crippen molar-refractivity contribution in [2.24, 2.45) is 10.5 Å². The number of azide groups is 1. The van der Waals surface area contributed by atoms with E-state index in [9.17, 15) is 39.6 Å². The van der Waals surface area contributed by atoms with Crippen LogP contribution in [0.5, 0.6) is 0 Å². The molecule has 71 heavy (non-hydrogen) atoms. The lowest BCUT2D eigenvalue weighted by Gasteiger charge is -2.39. The summed E-state index contributed by atoms with van der Waals surface area (Å²) >= 11 is 7.59. The molecule has 380 valence electrons. The Morgan fingerprint density at radius 1 is 0.873 bits per heavy atom. The largest absolute Gasteiger partial charge is 0.501 e. The highest BCUT2D eigenvalue weighted by Crippen LogP contribution is 2.43. The number of rotatable bonds is 18. The molecule has 2 saturated heterocycles. The molecule has 7 rings (SSSR count). The van der Waals surface area contributed by atoms with Gasteiger partial charge in [0.25, 0.3) is 25.8 Å².